The zero-order chi connectivity index (χ0) is 18.8. The van der Waals surface area contributed by atoms with Gasteiger partial charge in [0.25, 0.3) is 5.91 Å². The van der Waals surface area contributed by atoms with Crippen LogP contribution in [0.3, 0.4) is 0 Å². The first-order valence-electron chi connectivity index (χ1n) is 8.50. The number of methoxy groups -OCH3 is 2. The summed E-state index contributed by atoms with van der Waals surface area (Å²) in [4.78, 5) is 12.0. The topological polar surface area (TPSA) is 66.0 Å². The van der Waals surface area contributed by atoms with Crippen molar-refractivity contribution in [1.29, 1.82) is 0 Å². The van der Waals surface area contributed by atoms with Crippen LogP contribution in [-0.2, 0) is 11.2 Å². The standard InChI is InChI=1S/C20H25NO5/c1-4-25-17-7-5-6-8-18(17)26-14-20(22)21-12-11-15-9-10-16(23-2)19(13-15)24-3/h5-10,13H,4,11-12,14H2,1-3H3,(H,21,22). The van der Waals surface area contributed by atoms with Gasteiger partial charge in [0, 0.05) is 6.54 Å². The van der Waals surface area contributed by atoms with E-state index in [0.29, 0.717) is 42.6 Å². The minimum Gasteiger partial charge on any atom is -0.493 e. The van der Waals surface area contributed by atoms with E-state index in [1.807, 2.05) is 43.3 Å². The summed E-state index contributed by atoms with van der Waals surface area (Å²) in [6.45, 7) is 2.89. The van der Waals surface area contributed by atoms with Gasteiger partial charge in [-0.3, -0.25) is 4.79 Å². The Morgan fingerprint density at radius 2 is 1.62 bits per heavy atom. The molecule has 2 aromatic rings. The molecule has 140 valence electrons. The van der Waals surface area contributed by atoms with Crippen molar-refractivity contribution in [1.82, 2.24) is 5.32 Å². The van der Waals surface area contributed by atoms with Crippen molar-refractivity contribution in [3.63, 3.8) is 0 Å². The normalized spacial score (nSPS) is 10.1. The Kier molecular flexibility index (Phi) is 7.61. The number of carbonyl (C=O) groups excluding carboxylic acids is 1. The molecule has 0 spiro atoms. The second-order valence-corrected chi connectivity index (χ2v) is 5.46. The van der Waals surface area contributed by atoms with Gasteiger partial charge >= 0.3 is 0 Å². The summed E-state index contributed by atoms with van der Waals surface area (Å²) in [6, 6.07) is 13.0. The van der Waals surface area contributed by atoms with Gasteiger partial charge in [0.2, 0.25) is 0 Å². The number of benzene rings is 2. The molecule has 0 aliphatic carbocycles. The molecule has 0 bridgehead atoms. The molecule has 6 nitrogen and oxygen atoms in total. The van der Waals surface area contributed by atoms with Crippen LogP contribution in [0.4, 0.5) is 0 Å². The average molecular weight is 359 g/mol. The van der Waals surface area contributed by atoms with Crippen molar-refractivity contribution in [2.45, 2.75) is 13.3 Å². The Bertz CT molecular complexity index is 717. The number of carbonyl (C=O) groups is 1. The molecule has 2 aromatic carbocycles. The van der Waals surface area contributed by atoms with Crippen molar-refractivity contribution in [2.24, 2.45) is 0 Å². The molecule has 0 saturated carbocycles. The minimum absolute atomic E-state index is 0.0595. The van der Waals surface area contributed by atoms with E-state index >= 15 is 0 Å². The molecule has 26 heavy (non-hydrogen) atoms. The summed E-state index contributed by atoms with van der Waals surface area (Å²) in [6.07, 6.45) is 0.682. The maximum Gasteiger partial charge on any atom is 0.257 e. The molecule has 0 radical (unpaired) electrons. The fraction of sp³-hybridized carbons (Fsp3) is 0.350. The van der Waals surface area contributed by atoms with Crippen LogP contribution in [0.15, 0.2) is 42.5 Å². The highest BCUT2D eigenvalue weighted by molar-refractivity contribution is 5.77. The van der Waals surface area contributed by atoms with Crippen LogP contribution in [0, 0.1) is 0 Å². The Labute approximate surface area is 154 Å². The van der Waals surface area contributed by atoms with E-state index in [2.05, 4.69) is 5.32 Å². The van der Waals surface area contributed by atoms with E-state index in [9.17, 15) is 4.79 Å². The van der Waals surface area contributed by atoms with E-state index in [-0.39, 0.29) is 12.5 Å². The van der Waals surface area contributed by atoms with Crippen molar-refractivity contribution in [3.8, 4) is 23.0 Å². The zero-order valence-electron chi connectivity index (χ0n) is 15.4. The first kappa shape index (κ1) is 19.4. The smallest absolute Gasteiger partial charge is 0.257 e. The number of ether oxygens (including phenoxy) is 4. The highest BCUT2D eigenvalue weighted by atomic mass is 16.5. The Balaban J connectivity index is 1.79. The zero-order valence-corrected chi connectivity index (χ0v) is 15.4. The van der Waals surface area contributed by atoms with Crippen molar-refractivity contribution in [3.05, 3.63) is 48.0 Å². The molecule has 1 amide bonds. The van der Waals surface area contributed by atoms with Crippen molar-refractivity contribution in [2.75, 3.05) is 34.0 Å². The molecule has 1 N–H and O–H groups in total. The van der Waals surface area contributed by atoms with Crippen LogP contribution < -0.4 is 24.3 Å². The number of hydrogen-bond acceptors (Lipinski definition) is 5. The molecule has 0 fully saturated rings. The molecule has 0 aliphatic rings. The number of nitrogens with one attached hydrogen (secondary N) is 1. The molecule has 0 aromatic heterocycles. The molecular weight excluding hydrogens is 334 g/mol. The number of para-hydroxylation sites is 2. The molecule has 0 aliphatic heterocycles. The Morgan fingerprint density at radius 1 is 0.923 bits per heavy atom. The summed E-state index contributed by atoms with van der Waals surface area (Å²) in [5.41, 5.74) is 1.05. The first-order valence-corrected chi connectivity index (χ1v) is 8.50. The van der Waals surface area contributed by atoms with E-state index in [1.165, 1.54) is 0 Å². The molecule has 0 atom stereocenters. The van der Waals surface area contributed by atoms with Crippen LogP contribution in [-0.4, -0.2) is 39.9 Å². The van der Waals surface area contributed by atoms with E-state index in [4.69, 9.17) is 18.9 Å². The van der Waals surface area contributed by atoms with Gasteiger partial charge < -0.3 is 24.3 Å². The SMILES string of the molecule is CCOc1ccccc1OCC(=O)NCCc1ccc(OC)c(OC)c1. The third-order valence-corrected chi connectivity index (χ3v) is 3.69. The van der Waals surface area contributed by atoms with Gasteiger partial charge in [-0.05, 0) is 43.2 Å². The maximum atomic E-state index is 12.0. The van der Waals surface area contributed by atoms with Gasteiger partial charge in [0.15, 0.2) is 29.6 Å². The van der Waals surface area contributed by atoms with Gasteiger partial charge in [-0.1, -0.05) is 18.2 Å². The monoisotopic (exact) mass is 359 g/mol. The highest BCUT2D eigenvalue weighted by Gasteiger charge is 2.08. The summed E-state index contributed by atoms with van der Waals surface area (Å²) in [7, 11) is 3.20. The maximum absolute atomic E-state index is 12.0. The summed E-state index contributed by atoms with van der Waals surface area (Å²) in [5, 5.41) is 2.84. The summed E-state index contributed by atoms with van der Waals surface area (Å²) in [5.74, 6) is 2.36. The highest BCUT2D eigenvalue weighted by Crippen LogP contribution is 2.28. The lowest BCUT2D eigenvalue weighted by Gasteiger charge is -2.12. The second-order valence-electron chi connectivity index (χ2n) is 5.46. The first-order chi connectivity index (χ1) is 12.7. The third kappa shape index (κ3) is 5.58. The second kappa shape index (κ2) is 10.2. The minimum atomic E-state index is -0.184. The number of hydrogen-bond donors (Lipinski definition) is 1. The lowest BCUT2D eigenvalue weighted by Crippen LogP contribution is -2.30. The summed E-state index contributed by atoms with van der Waals surface area (Å²) >= 11 is 0. The quantitative estimate of drug-likeness (QED) is 0.707. The van der Waals surface area contributed by atoms with Crippen molar-refractivity contribution >= 4 is 5.91 Å². The van der Waals surface area contributed by atoms with Crippen LogP contribution in [0.2, 0.25) is 0 Å². The number of amides is 1. The number of rotatable bonds is 10. The summed E-state index contributed by atoms with van der Waals surface area (Å²) < 4.78 is 21.5. The van der Waals surface area contributed by atoms with Gasteiger partial charge in [0.1, 0.15) is 0 Å². The molecule has 0 heterocycles. The fourth-order valence-corrected chi connectivity index (χ4v) is 2.42. The van der Waals surface area contributed by atoms with Gasteiger partial charge in [-0.25, -0.2) is 0 Å². The third-order valence-electron chi connectivity index (χ3n) is 3.69. The van der Waals surface area contributed by atoms with Crippen molar-refractivity contribution < 1.29 is 23.7 Å². The lowest BCUT2D eigenvalue weighted by molar-refractivity contribution is -0.123. The predicted octanol–water partition coefficient (Wildman–Crippen LogP) is 2.84. The van der Waals surface area contributed by atoms with E-state index in [1.54, 1.807) is 20.3 Å². The van der Waals surface area contributed by atoms with Crippen LogP contribution in [0.1, 0.15) is 12.5 Å². The predicted molar refractivity (Wildman–Crippen MR) is 99.4 cm³/mol. The average Bonchev–Trinajstić information content (AvgIpc) is 2.67. The van der Waals surface area contributed by atoms with Crippen LogP contribution in [0.25, 0.3) is 0 Å². The van der Waals surface area contributed by atoms with Gasteiger partial charge in [-0.2, -0.15) is 0 Å². The molecule has 2 rings (SSSR count). The Hall–Kier alpha value is -2.89. The van der Waals surface area contributed by atoms with E-state index < -0.39 is 0 Å². The molecule has 0 unspecified atom stereocenters. The molecule has 0 saturated heterocycles. The van der Waals surface area contributed by atoms with E-state index in [0.717, 1.165) is 5.56 Å². The van der Waals surface area contributed by atoms with Crippen LogP contribution >= 0.6 is 0 Å². The lowest BCUT2D eigenvalue weighted by atomic mass is 10.1. The van der Waals surface area contributed by atoms with Gasteiger partial charge in [0.05, 0.1) is 20.8 Å². The molecule has 6 heteroatoms. The van der Waals surface area contributed by atoms with Gasteiger partial charge in [-0.15, -0.1) is 0 Å². The Morgan fingerprint density at radius 3 is 2.27 bits per heavy atom. The fourth-order valence-electron chi connectivity index (χ4n) is 2.42. The molecular formula is C20H25NO5. The largest absolute Gasteiger partial charge is 0.493 e. The van der Waals surface area contributed by atoms with Crippen LogP contribution in [0.5, 0.6) is 23.0 Å².